The molecule has 0 saturated heterocycles. The molecular formula is C15H24ClN. The monoisotopic (exact) mass is 253 g/mol. The molecule has 1 nitrogen and oxygen atoms in total. The summed E-state index contributed by atoms with van der Waals surface area (Å²) in [5.41, 5.74) is 1.63. The quantitative estimate of drug-likeness (QED) is 0.844. The maximum absolute atomic E-state index is 5.88. The topological polar surface area (TPSA) is 12.0 Å². The van der Waals surface area contributed by atoms with E-state index in [0.717, 1.165) is 11.4 Å². The first-order valence-electron chi connectivity index (χ1n) is 6.29. The van der Waals surface area contributed by atoms with Crippen molar-refractivity contribution in [2.75, 3.05) is 0 Å². The Morgan fingerprint density at radius 2 is 1.65 bits per heavy atom. The largest absolute Gasteiger partial charge is 0.311 e. The third-order valence-electron chi connectivity index (χ3n) is 3.29. The van der Waals surface area contributed by atoms with Crippen LogP contribution in [0.1, 0.15) is 40.2 Å². The molecule has 2 heteroatoms. The molecule has 17 heavy (non-hydrogen) atoms. The summed E-state index contributed by atoms with van der Waals surface area (Å²) < 4.78 is 0. The minimum absolute atomic E-state index is 0.300. The summed E-state index contributed by atoms with van der Waals surface area (Å²) in [6.45, 7) is 11.3. The Morgan fingerprint density at radius 1 is 1.12 bits per heavy atom. The molecule has 1 rings (SSSR count). The third kappa shape index (κ3) is 5.10. The molecule has 0 fully saturated rings. The Bertz CT molecular complexity index is 337. The summed E-state index contributed by atoms with van der Waals surface area (Å²) in [5, 5.41) is 4.45. The molecule has 0 amide bonds. The summed E-state index contributed by atoms with van der Waals surface area (Å²) in [5.74, 6) is 0. The van der Waals surface area contributed by atoms with Crippen LogP contribution in [-0.2, 0) is 6.42 Å². The summed E-state index contributed by atoms with van der Waals surface area (Å²) in [7, 11) is 0. The average molecular weight is 254 g/mol. The second-order valence-electron chi connectivity index (χ2n) is 5.99. The van der Waals surface area contributed by atoms with E-state index in [-0.39, 0.29) is 0 Å². The zero-order valence-electron chi connectivity index (χ0n) is 11.5. The Labute approximate surface area is 111 Å². The third-order valence-corrected chi connectivity index (χ3v) is 3.54. The van der Waals surface area contributed by atoms with Crippen molar-refractivity contribution in [3.63, 3.8) is 0 Å². The number of hydrogen-bond donors (Lipinski definition) is 1. The van der Waals surface area contributed by atoms with Crippen LogP contribution in [0.4, 0.5) is 0 Å². The Kier molecular flexibility index (Phi) is 5.03. The lowest BCUT2D eigenvalue weighted by Crippen LogP contribution is -2.43. The predicted molar refractivity (Wildman–Crippen MR) is 76.7 cm³/mol. The molecule has 96 valence electrons. The van der Waals surface area contributed by atoms with Crippen LogP contribution in [-0.4, -0.2) is 12.1 Å². The van der Waals surface area contributed by atoms with Gasteiger partial charge >= 0.3 is 0 Å². The molecule has 1 aromatic rings. The first-order chi connectivity index (χ1) is 7.79. The van der Waals surface area contributed by atoms with Gasteiger partial charge in [-0.05, 0) is 43.4 Å². The first kappa shape index (κ1) is 14.5. The molecule has 0 spiro atoms. The van der Waals surface area contributed by atoms with Crippen LogP contribution in [0, 0.1) is 5.41 Å². The van der Waals surface area contributed by atoms with Crippen LogP contribution in [0.5, 0.6) is 0 Å². The number of nitrogens with one attached hydrogen (secondary N) is 1. The van der Waals surface area contributed by atoms with Crippen molar-refractivity contribution in [1.29, 1.82) is 0 Å². The summed E-state index contributed by atoms with van der Waals surface area (Å²) in [6.07, 6.45) is 1.04. The van der Waals surface area contributed by atoms with Gasteiger partial charge in [0.15, 0.2) is 0 Å². The first-order valence-corrected chi connectivity index (χ1v) is 6.67. The molecular weight excluding hydrogens is 230 g/mol. The van der Waals surface area contributed by atoms with Gasteiger partial charge in [-0.1, -0.05) is 44.5 Å². The second kappa shape index (κ2) is 5.88. The van der Waals surface area contributed by atoms with Gasteiger partial charge in [0.25, 0.3) is 0 Å². The van der Waals surface area contributed by atoms with E-state index in [1.807, 2.05) is 12.1 Å². The number of benzene rings is 1. The van der Waals surface area contributed by atoms with Crippen LogP contribution in [0.15, 0.2) is 24.3 Å². The fourth-order valence-corrected chi connectivity index (χ4v) is 1.84. The lowest BCUT2D eigenvalue weighted by atomic mass is 9.87. The van der Waals surface area contributed by atoms with Crippen molar-refractivity contribution in [3.05, 3.63) is 34.9 Å². The fraction of sp³-hybridized carbons (Fsp3) is 0.600. The van der Waals surface area contributed by atoms with Crippen molar-refractivity contribution in [2.24, 2.45) is 5.41 Å². The normalized spacial score (nSPS) is 15.6. The number of hydrogen-bond acceptors (Lipinski definition) is 1. The number of rotatable bonds is 4. The van der Waals surface area contributed by atoms with Crippen LogP contribution in [0.25, 0.3) is 0 Å². The summed E-state index contributed by atoms with van der Waals surface area (Å²) >= 11 is 5.88. The standard InChI is InChI=1S/C15H24ClN/c1-11(17-12(2)15(3,4)5)10-13-6-8-14(16)9-7-13/h6-9,11-12,17H,10H2,1-5H3. The smallest absolute Gasteiger partial charge is 0.0406 e. The summed E-state index contributed by atoms with van der Waals surface area (Å²) in [4.78, 5) is 0. The molecule has 1 aromatic carbocycles. The van der Waals surface area contributed by atoms with E-state index in [0.29, 0.717) is 17.5 Å². The highest BCUT2D eigenvalue weighted by Gasteiger charge is 2.21. The Balaban J connectivity index is 2.50. The van der Waals surface area contributed by atoms with Gasteiger partial charge in [0.2, 0.25) is 0 Å². The van der Waals surface area contributed by atoms with Gasteiger partial charge in [-0.25, -0.2) is 0 Å². The van der Waals surface area contributed by atoms with Crippen molar-refractivity contribution in [1.82, 2.24) is 5.32 Å². The number of halogens is 1. The highest BCUT2D eigenvalue weighted by atomic mass is 35.5. The second-order valence-corrected chi connectivity index (χ2v) is 6.42. The molecule has 0 aromatic heterocycles. The Hall–Kier alpha value is -0.530. The van der Waals surface area contributed by atoms with Crippen molar-refractivity contribution >= 4 is 11.6 Å². The van der Waals surface area contributed by atoms with Crippen LogP contribution >= 0.6 is 11.6 Å². The molecule has 0 bridgehead atoms. The van der Waals surface area contributed by atoms with Crippen LogP contribution in [0.2, 0.25) is 5.02 Å². The molecule has 0 aliphatic rings. The van der Waals surface area contributed by atoms with Gasteiger partial charge in [-0.15, -0.1) is 0 Å². The van der Waals surface area contributed by atoms with E-state index in [1.54, 1.807) is 0 Å². The van der Waals surface area contributed by atoms with E-state index in [1.165, 1.54) is 5.56 Å². The maximum atomic E-state index is 5.88. The van der Waals surface area contributed by atoms with E-state index in [4.69, 9.17) is 11.6 Å². The highest BCUT2D eigenvalue weighted by molar-refractivity contribution is 6.30. The van der Waals surface area contributed by atoms with Gasteiger partial charge in [-0.3, -0.25) is 0 Å². The average Bonchev–Trinajstić information content (AvgIpc) is 2.20. The highest BCUT2D eigenvalue weighted by Crippen LogP contribution is 2.19. The van der Waals surface area contributed by atoms with Crippen LogP contribution in [0.3, 0.4) is 0 Å². The molecule has 1 N–H and O–H groups in total. The molecule has 0 aliphatic heterocycles. The molecule has 0 radical (unpaired) electrons. The van der Waals surface area contributed by atoms with E-state index >= 15 is 0 Å². The maximum Gasteiger partial charge on any atom is 0.0406 e. The zero-order chi connectivity index (χ0) is 13.1. The molecule has 0 saturated carbocycles. The van der Waals surface area contributed by atoms with Gasteiger partial charge in [-0.2, -0.15) is 0 Å². The van der Waals surface area contributed by atoms with Crippen LogP contribution < -0.4 is 5.32 Å². The van der Waals surface area contributed by atoms with Gasteiger partial charge in [0.1, 0.15) is 0 Å². The SMILES string of the molecule is CC(Cc1ccc(Cl)cc1)NC(C)C(C)(C)C. The Morgan fingerprint density at radius 3 is 2.12 bits per heavy atom. The fourth-order valence-electron chi connectivity index (χ4n) is 1.71. The van der Waals surface area contributed by atoms with E-state index < -0.39 is 0 Å². The van der Waals surface area contributed by atoms with Crippen molar-refractivity contribution in [2.45, 2.75) is 53.1 Å². The summed E-state index contributed by atoms with van der Waals surface area (Å²) in [6, 6.07) is 9.09. The molecule has 2 unspecified atom stereocenters. The van der Waals surface area contributed by atoms with Gasteiger partial charge in [0.05, 0.1) is 0 Å². The van der Waals surface area contributed by atoms with Gasteiger partial charge in [0, 0.05) is 17.1 Å². The molecule has 0 heterocycles. The van der Waals surface area contributed by atoms with Crippen molar-refractivity contribution < 1.29 is 0 Å². The lowest BCUT2D eigenvalue weighted by molar-refractivity contribution is 0.266. The van der Waals surface area contributed by atoms with E-state index in [2.05, 4.69) is 52.1 Å². The van der Waals surface area contributed by atoms with Gasteiger partial charge < -0.3 is 5.32 Å². The minimum atomic E-state index is 0.300. The minimum Gasteiger partial charge on any atom is -0.311 e. The van der Waals surface area contributed by atoms with E-state index in [9.17, 15) is 0 Å². The molecule has 2 atom stereocenters. The zero-order valence-corrected chi connectivity index (χ0v) is 12.3. The van der Waals surface area contributed by atoms with Crippen molar-refractivity contribution in [3.8, 4) is 0 Å². The molecule has 0 aliphatic carbocycles. The predicted octanol–water partition coefficient (Wildman–Crippen LogP) is 4.30. The lowest BCUT2D eigenvalue weighted by Gasteiger charge is -2.31.